The predicted molar refractivity (Wildman–Crippen MR) is 119 cm³/mol. The smallest absolute Gasteiger partial charge is 0.221 e. The average molecular weight is 424 g/mol. The number of rotatable bonds is 6. The molecule has 1 N–H and O–H groups in total. The molecule has 0 bridgehead atoms. The van der Waals surface area contributed by atoms with E-state index >= 15 is 0 Å². The molecule has 1 saturated carbocycles. The van der Waals surface area contributed by atoms with Crippen molar-refractivity contribution in [1.82, 2.24) is 5.32 Å². The monoisotopic (exact) mass is 423 g/mol. The van der Waals surface area contributed by atoms with Gasteiger partial charge in [0.25, 0.3) is 0 Å². The lowest BCUT2D eigenvalue weighted by atomic mass is 9.86. The van der Waals surface area contributed by atoms with Gasteiger partial charge in [-0.15, -0.1) is 0 Å². The first kappa shape index (κ1) is 22.0. The molecular weight excluding hydrogens is 398 g/mol. The maximum absolute atomic E-state index is 13.1. The number of nitrogens with one attached hydrogen (secondary N) is 1. The van der Waals surface area contributed by atoms with Crippen molar-refractivity contribution in [2.45, 2.75) is 46.1 Å². The van der Waals surface area contributed by atoms with E-state index in [0.717, 1.165) is 27.8 Å². The Kier molecular flexibility index (Phi) is 6.88. The van der Waals surface area contributed by atoms with Gasteiger partial charge >= 0.3 is 0 Å². The van der Waals surface area contributed by atoms with E-state index < -0.39 is 11.8 Å². The molecule has 0 heterocycles. The molecule has 0 radical (unpaired) electrons. The van der Waals surface area contributed by atoms with Crippen molar-refractivity contribution in [1.29, 1.82) is 0 Å². The normalized spacial score (nSPS) is 18.9. The minimum atomic E-state index is -0.768. The largest absolute Gasteiger partial charge is 0.352 e. The van der Waals surface area contributed by atoms with Crippen molar-refractivity contribution in [2.75, 3.05) is 0 Å². The standard InChI is InChI=1S/C25H26ClNO3/c1-4-6-17-9-15(2)23(16(3)10-17)24-21(28)12-19(25(24)30)13-22(29)27-14-18-7-5-8-20(26)11-18/h4-11,19,24H,12-14H2,1-3H3,(H,27,29)/b6-4+. The van der Waals surface area contributed by atoms with E-state index in [0.29, 0.717) is 11.6 Å². The lowest BCUT2D eigenvalue weighted by molar-refractivity contribution is -0.128. The van der Waals surface area contributed by atoms with Crippen LogP contribution in [0.3, 0.4) is 0 Å². The Morgan fingerprint density at radius 2 is 1.87 bits per heavy atom. The van der Waals surface area contributed by atoms with Gasteiger partial charge in [0.05, 0.1) is 0 Å². The van der Waals surface area contributed by atoms with Crippen LogP contribution in [0.5, 0.6) is 0 Å². The zero-order chi connectivity index (χ0) is 21.8. The molecule has 5 heteroatoms. The van der Waals surface area contributed by atoms with Crippen LogP contribution < -0.4 is 5.32 Å². The predicted octanol–water partition coefficient (Wildman–Crippen LogP) is 4.94. The summed E-state index contributed by atoms with van der Waals surface area (Å²) in [5.41, 5.74) is 4.59. The summed E-state index contributed by atoms with van der Waals surface area (Å²) in [5, 5.41) is 3.42. The fourth-order valence-corrected chi connectivity index (χ4v) is 4.44. The van der Waals surface area contributed by atoms with E-state index in [1.54, 1.807) is 12.1 Å². The Morgan fingerprint density at radius 1 is 1.17 bits per heavy atom. The molecule has 1 amide bonds. The number of amides is 1. The van der Waals surface area contributed by atoms with Crippen molar-refractivity contribution in [3.8, 4) is 0 Å². The topological polar surface area (TPSA) is 63.2 Å². The molecule has 1 aliphatic rings. The first-order chi connectivity index (χ1) is 14.3. The molecular formula is C25H26ClNO3. The van der Waals surface area contributed by atoms with Crippen LogP contribution in [-0.4, -0.2) is 17.5 Å². The van der Waals surface area contributed by atoms with Gasteiger partial charge in [0.1, 0.15) is 11.7 Å². The van der Waals surface area contributed by atoms with Crippen LogP contribution in [0.1, 0.15) is 53.5 Å². The van der Waals surface area contributed by atoms with Gasteiger partial charge in [-0.3, -0.25) is 14.4 Å². The van der Waals surface area contributed by atoms with Gasteiger partial charge in [-0.1, -0.05) is 48.0 Å². The van der Waals surface area contributed by atoms with Crippen LogP contribution >= 0.6 is 11.6 Å². The summed E-state index contributed by atoms with van der Waals surface area (Å²) >= 11 is 5.96. The van der Waals surface area contributed by atoms with Crippen molar-refractivity contribution in [2.24, 2.45) is 5.92 Å². The molecule has 30 heavy (non-hydrogen) atoms. The number of benzene rings is 2. The third kappa shape index (κ3) is 4.88. The number of carbonyl (C=O) groups is 3. The van der Waals surface area contributed by atoms with Gasteiger partial charge in [-0.25, -0.2) is 0 Å². The lowest BCUT2D eigenvalue weighted by Gasteiger charge is -2.16. The Hall–Kier alpha value is -2.72. The van der Waals surface area contributed by atoms with Crippen LogP contribution in [0.2, 0.25) is 5.02 Å². The van der Waals surface area contributed by atoms with Crippen LogP contribution in [0, 0.1) is 19.8 Å². The zero-order valence-corrected chi connectivity index (χ0v) is 18.3. The van der Waals surface area contributed by atoms with Crippen molar-refractivity contribution >= 4 is 35.2 Å². The molecule has 156 valence electrons. The number of aryl methyl sites for hydroxylation is 2. The Bertz CT molecular complexity index is 1000. The Labute approximate surface area is 182 Å². The van der Waals surface area contributed by atoms with E-state index in [9.17, 15) is 14.4 Å². The SMILES string of the molecule is C/C=C/c1cc(C)c(C2C(=O)CC(CC(=O)NCc3cccc(Cl)c3)C2=O)c(C)c1. The summed E-state index contributed by atoms with van der Waals surface area (Å²) in [7, 11) is 0. The maximum atomic E-state index is 13.1. The number of hydrogen-bond donors (Lipinski definition) is 1. The van der Waals surface area contributed by atoms with Crippen LogP contribution in [0.4, 0.5) is 0 Å². The fraction of sp³-hybridized carbons (Fsp3) is 0.320. The minimum absolute atomic E-state index is 0.0242. The van der Waals surface area contributed by atoms with Crippen LogP contribution in [0.25, 0.3) is 6.08 Å². The first-order valence-electron chi connectivity index (χ1n) is 10.1. The van der Waals surface area contributed by atoms with Crippen LogP contribution in [-0.2, 0) is 20.9 Å². The third-order valence-electron chi connectivity index (χ3n) is 5.53. The van der Waals surface area contributed by atoms with Crippen LogP contribution in [0.15, 0.2) is 42.5 Å². The summed E-state index contributed by atoms with van der Waals surface area (Å²) in [4.78, 5) is 38.2. The molecule has 3 rings (SSSR count). The van der Waals surface area contributed by atoms with Gasteiger partial charge < -0.3 is 5.32 Å². The lowest BCUT2D eigenvalue weighted by Crippen LogP contribution is -2.27. The summed E-state index contributed by atoms with van der Waals surface area (Å²) < 4.78 is 0. The van der Waals surface area contributed by atoms with E-state index in [1.807, 2.05) is 57.2 Å². The highest BCUT2D eigenvalue weighted by Crippen LogP contribution is 2.37. The summed E-state index contributed by atoms with van der Waals surface area (Å²) in [6.07, 6.45) is 4.09. The third-order valence-corrected chi connectivity index (χ3v) is 5.77. The van der Waals surface area contributed by atoms with E-state index in [2.05, 4.69) is 5.32 Å². The number of carbonyl (C=O) groups excluding carboxylic acids is 3. The molecule has 2 aromatic carbocycles. The first-order valence-corrected chi connectivity index (χ1v) is 10.5. The molecule has 4 nitrogen and oxygen atoms in total. The van der Waals surface area contributed by atoms with Gasteiger partial charge in [0, 0.05) is 30.3 Å². The quantitative estimate of drug-likeness (QED) is 0.669. The van der Waals surface area contributed by atoms with Crippen molar-refractivity contribution in [3.63, 3.8) is 0 Å². The molecule has 1 aliphatic carbocycles. The Morgan fingerprint density at radius 3 is 2.50 bits per heavy atom. The Balaban J connectivity index is 1.70. The molecule has 0 saturated heterocycles. The van der Waals surface area contributed by atoms with E-state index in [4.69, 9.17) is 11.6 Å². The highest BCUT2D eigenvalue weighted by Gasteiger charge is 2.43. The number of hydrogen-bond acceptors (Lipinski definition) is 3. The zero-order valence-electron chi connectivity index (χ0n) is 17.5. The maximum Gasteiger partial charge on any atom is 0.221 e. The molecule has 2 aromatic rings. The molecule has 0 spiro atoms. The van der Waals surface area contributed by atoms with Gasteiger partial charge in [0.15, 0.2) is 5.78 Å². The van der Waals surface area contributed by atoms with E-state index in [1.165, 1.54) is 0 Å². The summed E-state index contributed by atoms with van der Waals surface area (Å²) in [6.45, 7) is 6.15. The highest BCUT2D eigenvalue weighted by molar-refractivity contribution is 6.30. The summed E-state index contributed by atoms with van der Waals surface area (Å²) in [6, 6.07) is 11.2. The van der Waals surface area contributed by atoms with Crippen molar-refractivity contribution < 1.29 is 14.4 Å². The average Bonchev–Trinajstić information content (AvgIpc) is 2.94. The van der Waals surface area contributed by atoms with Gasteiger partial charge in [0.2, 0.25) is 5.91 Å². The molecule has 1 fully saturated rings. The number of halogens is 1. The van der Waals surface area contributed by atoms with Crippen molar-refractivity contribution in [3.05, 3.63) is 75.3 Å². The number of ketones is 2. The van der Waals surface area contributed by atoms with E-state index in [-0.39, 0.29) is 30.3 Å². The highest BCUT2D eigenvalue weighted by atomic mass is 35.5. The molecule has 2 atom stereocenters. The number of Topliss-reactive ketones (excluding diaryl/α,β-unsaturated/α-hetero) is 2. The minimum Gasteiger partial charge on any atom is -0.352 e. The fourth-order valence-electron chi connectivity index (χ4n) is 4.23. The molecule has 2 unspecified atom stereocenters. The summed E-state index contributed by atoms with van der Waals surface area (Å²) in [5.74, 6) is -1.83. The molecule has 0 aromatic heterocycles. The second-order valence-electron chi connectivity index (χ2n) is 7.88. The second kappa shape index (κ2) is 9.40. The second-order valence-corrected chi connectivity index (χ2v) is 8.32. The van der Waals surface area contributed by atoms with Gasteiger partial charge in [-0.2, -0.15) is 0 Å². The molecule has 0 aliphatic heterocycles. The van der Waals surface area contributed by atoms with Gasteiger partial charge in [-0.05, 0) is 60.7 Å². The number of allylic oxidation sites excluding steroid dienone is 1.